The first-order valence-electron chi connectivity index (χ1n) is 4.73. The minimum atomic E-state index is -0.0447. The second-order valence-corrected chi connectivity index (χ2v) is 4.64. The lowest BCUT2D eigenvalue weighted by Crippen LogP contribution is -2.17. The Morgan fingerprint density at radius 3 is 2.55 bits per heavy atom. The van der Waals surface area contributed by atoms with Gasteiger partial charge in [-0.25, -0.2) is 0 Å². The predicted octanol–water partition coefficient (Wildman–Crippen LogP) is 2.58. The minimum Gasteiger partial charge on any atom is -0.393 e. The van der Waals surface area contributed by atoms with Gasteiger partial charge in [0, 0.05) is 0 Å². The van der Waals surface area contributed by atoms with Crippen LogP contribution in [0.1, 0.15) is 46.5 Å². The molecule has 1 saturated carbocycles. The van der Waals surface area contributed by atoms with Crippen LogP contribution in [0.15, 0.2) is 0 Å². The summed E-state index contributed by atoms with van der Waals surface area (Å²) in [5, 5.41) is 9.59. The first kappa shape index (κ1) is 9.05. The van der Waals surface area contributed by atoms with Crippen molar-refractivity contribution in [3.05, 3.63) is 0 Å². The maximum Gasteiger partial charge on any atom is 0.0566 e. The Morgan fingerprint density at radius 1 is 1.55 bits per heavy atom. The van der Waals surface area contributed by atoms with Crippen molar-refractivity contribution in [3.63, 3.8) is 0 Å². The van der Waals surface area contributed by atoms with Crippen LogP contribution in [0.3, 0.4) is 0 Å². The molecule has 0 aromatic carbocycles. The molecule has 0 aromatic rings. The highest BCUT2D eigenvalue weighted by Gasteiger charge is 2.33. The van der Waals surface area contributed by atoms with Crippen molar-refractivity contribution in [3.8, 4) is 0 Å². The monoisotopic (exact) mass is 156 g/mol. The van der Waals surface area contributed by atoms with Gasteiger partial charge in [-0.3, -0.25) is 0 Å². The summed E-state index contributed by atoms with van der Waals surface area (Å²) in [6.07, 6.45) is 4.59. The summed E-state index contributed by atoms with van der Waals surface area (Å²) < 4.78 is 0. The van der Waals surface area contributed by atoms with Crippen LogP contribution in [0.4, 0.5) is 0 Å². The fraction of sp³-hybridized carbons (Fsp3) is 1.00. The molecule has 2 unspecified atom stereocenters. The Labute approximate surface area is 69.8 Å². The van der Waals surface area contributed by atoms with Gasteiger partial charge < -0.3 is 5.11 Å². The average Bonchev–Trinajstić information content (AvgIpc) is 2.29. The molecule has 0 radical (unpaired) electrons. The molecule has 0 saturated heterocycles. The van der Waals surface area contributed by atoms with E-state index in [9.17, 15) is 5.11 Å². The van der Waals surface area contributed by atoms with E-state index in [1.54, 1.807) is 0 Å². The number of hydrogen-bond acceptors (Lipinski definition) is 1. The quantitative estimate of drug-likeness (QED) is 0.651. The van der Waals surface area contributed by atoms with Gasteiger partial charge in [-0.1, -0.05) is 20.8 Å². The van der Waals surface area contributed by atoms with Gasteiger partial charge in [-0.2, -0.15) is 0 Å². The van der Waals surface area contributed by atoms with Crippen LogP contribution in [0.2, 0.25) is 0 Å². The summed E-state index contributed by atoms with van der Waals surface area (Å²) in [7, 11) is 0. The summed E-state index contributed by atoms with van der Waals surface area (Å²) in [6.45, 7) is 6.67. The van der Waals surface area contributed by atoms with E-state index >= 15 is 0 Å². The predicted molar refractivity (Wildman–Crippen MR) is 47.4 cm³/mol. The van der Waals surface area contributed by atoms with E-state index in [0.29, 0.717) is 11.3 Å². The molecule has 1 heteroatoms. The van der Waals surface area contributed by atoms with Crippen molar-refractivity contribution in [1.29, 1.82) is 0 Å². The van der Waals surface area contributed by atoms with Crippen molar-refractivity contribution < 1.29 is 5.11 Å². The highest BCUT2D eigenvalue weighted by Crippen LogP contribution is 2.42. The zero-order valence-electron chi connectivity index (χ0n) is 7.93. The van der Waals surface area contributed by atoms with Crippen molar-refractivity contribution >= 4 is 0 Å². The Bertz CT molecular complexity index is 129. The molecule has 11 heavy (non-hydrogen) atoms. The van der Waals surface area contributed by atoms with Gasteiger partial charge in [0.15, 0.2) is 0 Å². The molecule has 1 aliphatic rings. The lowest BCUT2D eigenvalue weighted by atomic mass is 9.89. The van der Waals surface area contributed by atoms with Crippen molar-refractivity contribution in [2.75, 3.05) is 0 Å². The first-order chi connectivity index (χ1) is 5.05. The molecular weight excluding hydrogens is 136 g/mol. The average molecular weight is 156 g/mol. The Morgan fingerprint density at radius 2 is 2.18 bits per heavy atom. The molecule has 0 spiro atoms. The summed E-state index contributed by atoms with van der Waals surface area (Å²) in [5.41, 5.74) is 0.487. The lowest BCUT2D eigenvalue weighted by molar-refractivity contribution is 0.101. The lowest BCUT2D eigenvalue weighted by Gasteiger charge is -2.19. The van der Waals surface area contributed by atoms with Gasteiger partial charge in [0.25, 0.3) is 0 Å². The zero-order chi connectivity index (χ0) is 8.48. The van der Waals surface area contributed by atoms with Crippen LogP contribution >= 0.6 is 0 Å². The Kier molecular flexibility index (Phi) is 2.58. The van der Waals surface area contributed by atoms with Crippen molar-refractivity contribution in [2.45, 2.75) is 52.6 Å². The standard InChI is InChI=1S/C10H20O/c1-4-9(11)8-5-6-10(2,3)7-8/h8-9,11H,4-7H2,1-3H3. The molecule has 0 aromatic heterocycles. The molecular formula is C10H20O. The molecule has 0 heterocycles. The molecule has 1 rings (SSSR count). The molecule has 66 valence electrons. The van der Waals surface area contributed by atoms with Gasteiger partial charge in [0.05, 0.1) is 6.10 Å². The van der Waals surface area contributed by atoms with Crippen molar-refractivity contribution in [1.82, 2.24) is 0 Å². The van der Waals surface area contributed by atoms with E-state index in [1.807, 2.05) is 0 Å². The van der Waals surface area contributed by atoms with Gasteiger partial charge in [-0.05, 0) is 37.0 Å². The van der Waals surface area contributed by atoms with Crippen LogP contribution in [-0.2, 0) is 0 Å². The SMILES string of the molecule is CCC(O)C1CCC(C)(C)C1. The molecule has 2 atom stereocenters. The molecule has 0 amide bonds. The van der Waals surface area contributed by atoms with Crippen LogP contribution in [0, 0.1) is 11.3 Å². The number of hydrogen-bond donors (Lipinski definition) is 1. The normalized spacial score (nSPS) is 32.2. The van der Waals surface area contributed by atoms with E-state index in [-0.39, 0.29) is 6.10 Å². The number of aliphatic hydroxyl groups excluding tert-OH is 1. The molecule has 1 fully saturated rings. The first-order valence-corrected chi connectivity index (χ1v) is 4.73. The van der Waals surface area contributed by atoms with Crippen LogP contribution in [0.5, 0.6) is 0 Å². The molecule has 0 aliphatic heterocycles. The van der Waals surface area contributed by atoms with Gasteiger partial charge in [0.2, 0.25) is 0 Å². The highest BCUT2D eigenvalue weighted by molar-refractivity contribution is 4.85. The van der Waals surface area contributed by atoms with E-state index in [2.05, 4.69) is 20.8 Å². The molecule has 1 aliphatic carbocycles. The van der Waals surface area contributed by atoms with Gasteiger partial charge in [0.1, 0.15) is 0 Å². The third-order valence-electron chi connectivity index (χ3n) is 2.97. The summed E-state index contributed by atoms with van der Waals surface area (Å²) in [5.74, 6) is 0.579. The smallest absolute Gasteiger partial charge is 0.0566 e. The van der Waals surface area contributed by atoms with Crippen LogP contribution < -0.4 is 0 Å². The third-order valence-corrected chi connectivity index (χ3v) is 2.97. The number of rotatable bonds is 2. The van der Waals surface area contributed by atoms with Crippen molar-refractivity contribution in [2.24, 2.45) is 11.3 Å². The van der Waals surface area contributed by atoms with Gasteiger partial charge in [-0.15, -0.1) is 0 Å². The maximum absolute atomic E-state index is 9.59. The largest absolute Gasteiger partial charge is 0.393 e. The Balaban J connectivity index is 2.41. The fourth-order valence-corrected chi connectivity index (χ4v) is 2.15. The molecule has 1 N–H and O–H groups in total. The van der Waals surface area contributed by atoms with E-state index < -0.39 is 0 Å². The van der Waals surface area contributed by atoms with E-state index in [4.69, 9.17) is 0 Å². The Hall–Kier alpha value is -0.0400. The van der Waals surface area contributed by atoms with Crippen LogP contribution in [0.25, 0.3) is 0 Å². The van der Waals surface area contributed by atoms with E-state index in [1.165, 1.54) is 19.3 Å². The van der Waals surface area contributed by atoms with Gasteiger partial charge >= 0.3 is 0 Å². The van der Waals surface area contributed by atoms with E-state index in [0.717, 1.165) is 6.42 Å². The van der Waals surface area contributed by atoms with Crippen LogP contribution in [-0.4, -0.2) is 11.2 Å². The minimum absolute atomic E-state index is 0.0447. The summed E-state index contributed by atoms with van der Waals surface area (Å²) in [4.78, 5) is 0. The number of aliphatic hydroxyl groups is 1. The summed E-state index contributed by atoms with van der Waals surface area (Å²) >= 11 is 0. The third kappa shape index (κ3) is 2.19. The second-order valence-electron chi connectivity index (χ2n) is 4.64. The molecule has 0 bridgehead atoms. The maximum atomic E-state index is 9.59. The fourth-order valence-electron chi connectivity index (χ4n) is 2.15. The zero-order valence-corrected chi connectivity index (χ0v) is 7.93. The highest BCUT2D eigenvalue weighted by atomic mass is 16.3. The second kappa shape index (κ2) is 3.14. The topological polar surface area (TPSA) is 20.2 Å². The summed E-state index contributed by atoms with van der Waals surface area (Å²) in [6, 6.07) is 0. The molecule has 1 nitrogen and oxygen atoms in total.